The Bertz CT molecular complexity index is 1020. The molecule has 0 fully saturated rings. The number of hydrogen-bond donors (Lipinski definition) is 2. The van der Waals surface area contributed by atoms with E-state index >= 15 is 0 Å². The predicted molar refractivity (Wildman–Crippen MR) is 125 cm³/mol. The second kappa shape index (κ2) is 11.0. The van der Waals surface area contributed by atoms with Crippen LogP contribution >= 0.6 is 11.8 Å². The lowest BCUT2D eigenvalue weighted by molar-refractivity contribution is 0.0948. The monoisotopic (exact) mass is 442 g/mol. The number of nitrogens with zero attached hydrogens (tertiary/aromatic N) is 4. The molecular formula is C22H30N6O2S. The number of nitrogens with one attached hydrogen (secondary N) is 2. The maximum atomic E-state index is 12.6. The third-order valence-electron chi connectivity index (χ3n) is 4.47. The zero-order chi connectivity index (χ0) is 22.2. The van der Waals surface area contributed by atoms with Crippen molar-refractivity contribution in [3.05, 3.63) is 36.0 Å². The van der Waals surface area contributed by atoms with Gasteiger partial charge in [-0.15, -0.1) is 0 Å². The number of amides is 1. The van der Waals surface area contributed by atoms with Gasteiger partial charge < -0.3 is 15.4 Å². The summed E-state index contributed by atoms with van der Waals surface area (Å²) in [6.07, 6.45) is 1.78. The third kappa shape index (κ3) is 5.88. The van der Waals surface area contributed by atoms with E-state index in [0.717, 1.165) is 34.3 Å². The molecule has 1 amide bonds. The van der Waals surface area contributed by atoms with E-state index in [1.807, 2.05) is 23.7 Å². The molecule has 9 heteroatoms. The molecule has 3 rings (SSSR count). The topological polar surface area (TPSA) is 94.0 Å². The third-order valence-corrected chi connectivity index (χ3v) is 5.20. The molecule has 31 heavy (non-hydrogen) atoms. The molecule has 2 N–H and O–H groups in total. The molecule has 3 aromatic rings. The van der Waals surface area contributed by atoms with Gasteiger partial charge in [-0.05, 0) is 30.7 Å². The first kappa shape index (κ1) is 22.9. The number of aromatic nitrogens is 4. The Hall–Kier alpha value is -2.81. The number of thioether (sulfide) groups is 1. The summed E-state index contributed by atoms with van der Waals surface area (Å²) in [6, 6.07) is 7.24. The quantitative estimate of drug-likeness (QED) is 0.344. The van der Waals surface area contributed by atoms with E-state index in [2.05, 4.69) is 46.5 Å². The van der Waals surface area contributed by atoms with Gasteiger partial charge in [0.25, 0.3) is 5.91 Å². The van der Waals surface area contributed by atoms with Gasteiger partial charge in [-0.25, -0.2) is 14.6 Å². The molecule has 0 unspecified atom stereocenters. The van der Waals surface area contributed by atoms with Crippen LogP contribution in [0.5, 0.6) is 5.75 Å². The van der Waals surface area contributed by atoms with E-state index in [9.17, 15) is 4.79 Å². The highest BCUT2D eigenvalue weighted by Crippen LogP contribution is 2.24. The van der Waals surface area contributed by atoms with Crippen molar-refractivity contribution in [3.8, 4) is 5.75 Å². The molecule has 0 saturated carbocycles. The largest absolute Gasteiger partial charge is 0.493 e. The first-order valence-corrected chi connectivity index (χ1v) is 11.6. The summed E-state index contributed by atoms with van der Waals surface area (Å²) in [5.74, 6) is 2.60. The number of anilines is 1. The number of fused-ring (bicyclic) bond motifs is 1. The van der Waals surface area contributed by atoms with E-state index in [0.29, 0.717) is 36.9 Å². The van der Waals surface area contributed by atoms with Crippen LogP contribution in [0.3, 0.4) is 0 Å². The van der Waals surface area contributed by atoms with Crippen LogP contribution in [0, 0.1) is 5.92 Å². The summed E-state index contributed by atoms with van der Waals surface area (Å²) in [5, 5.41) is 12.5. The Labute approximate surface area is 187 Å². The van der Waals surface area contributed by atoms with Crippen molar-refractivity contribution in [2.45, 2.75) is 39.4 Å². The van der Waals surface area contributed by atoms with Gasteiger partial charge in [0.15, 0.2) is 10.8 Å². The van der Waals surface area contributed by atoms with Gasteiger partial charge in [0.1, 0.15) is 11.6 Å². The van der Waals surface area contributed by atoms with Gasteiger partial charge in [0, 0.05) is 13.1 Å². The fourth-order valence-corrected chi connectivity index (χ4v) is 3.60. The molecule has 1 aromatic carbocycles. The van der Waals surface area contributed by atoms with Crippen LogP contribution in [-0.4, -0.2) is 51.1 Å². The average Bonchev–Trinajstić information content (AvgIpc) is 3.16. The Kier molecular flexibility index (Phi) is 8.11. The summed E-state index contributed by atoms with van der Waals surface area (Å²) in [4.78, 5) is 22.0. The minimum absolute atomic E-state index is 0.170. The van der Waals surface area contributed by atoms with E-state index in [-0.39, 0.29) is 5.91 Å². The molecule has 0 spiro atoms. The van der Waals surface area contributed by atoms with Crippen molar-refractivity contribution in [2.75, 3.05) is 30.8 Å². The standard InChI is InChI=1S/C22H30N6O2S/c1-5-30-18-10-8-7-9-16(18)21(29)23-11-12-28-20-17(14-25-28)19(24-13-15(3)4)26-22(27-20)31-6-2/h7-10,14-15H,5-6,11-13H2,1-4H3,(H,23,29)(H,24,26,27). The Balaban J connectivity index is 1.74. The molecule has 0 aliphatic rings. The van der Waals surface area contributed by atoms with Gasteiger partial charge in [0.2, 0.25) is 0 Å². The molecule has 166 valence electrons. The number of rotatable bonds is 11. The van der Waals surface area contributed by atoms with Crippen molar-refractivity contribution in [1.82, 2.24) is 25.1 Å². The summed E-state index contributed by atoms with van der Waals surface area (Å²) in [6.45, 7) is 10.5. The number of ether oxygens (including phenoxy) is 1. The fourth-order valence-electron chi connectivity index (χ4n) is 3.03. The van der Waals surface area contributed by atoms with Crippen molar-refractivity contribution in [1.29, 1.82) is 0 Å². The highest BCUT2D eigenvalue weighted by Gasteiger charge is 2.15. The summed E-state index contributed by atoms with van der Waals surface area (Å²) in [7, 11) is 0. The molecule has 2 heterocycles. The van der Waals surface area contributed by atoms with Crippen LogP contribution in [0.15, 0.2) is 35.6 Å². The van der Waals surface area contributed by atoms with Crippen molar-refractivity contribution >= 4 is 34.5 Å². The molecule has 0 radical (unpaired) electrons. The number of carbonyl (C=O) groups excluding carboxylic acids is 1. The first-order chi connectivity index (χ1) is 15.0. The highest BCUT2D eigenvalue weighted by molar-refractivity contribution is 7.99. The summed E-state index contributed by atoms with van der Waals surface area (Å²) >= 11 is 1.60. The van der Waals surface area contributed by atoms with E-state index < -0.39 is 0 Å². The highest BCUT2D eigenvalue weighted by atomic mass is 32.2. The van der Waals surface area contributed by atoms with Crippen LogP contribution in [-0.2, 0) is 6.54 Å². The van der Waals surface area contributed by atoms with Crippen LogP contribution in [0.4, 0.5) is 5.82 Å². The smallest absolute Gasteiger partial charge is 0.255 e. The van der Waals surface area contributed by atoms with Gasteiger partial charge in [-0.1, -0.05) is 44.7 Å². The van der Waals surface area contributed by atoms with Crippen LogP contribution in [0.25, 0.3) is 11.0 Å². The normalized spacial score (nSPS) is 11.1. The lowest BCUT2D eigenvalue weighted by atomic mass is 10.2. The average molecular weight is 443 g/mol. The molecule has 0 saturated heterocycles. The van der Waals surface area contributed by atoms with Gasteiger partial charge in [0.05, 0.1) is 30.3 Å². The van der Waals surface area contributed by atoms with Crippen molar-refractivity contribution in [2.24, 2.45) is 5.92 Å². The lowest BCUT2D eigenvalue weighted by Crippen LogP contribution is -2.28. The van der Waals surface area contributed by atoms with Gasteiger partial charge >= 0.3 is 0 Å². The lowest BCUT2D eigenvalue weighted by Gasteiger charge is -2.12. The van der Waals surface area contributed by atoms with E-state index in [1.54, 1.807) is 30.1 Å². The van der Waals surface area contributed by atoms with Crippen LogP contribution in [0.2, 0.25) is 0 Å². The van der Waals surface area contributed by atoms with Crippen molar-refractivity contribution < 1.29 is 9.53 Å². The number of para-hydroxylation sites is 1. The molecule has 0 aliphatic heterocycles. The molecule has 8 nitrogen and oxygen atoms in total. The van der Waals surface area contributed by atoms with Gasteiger partial charge in [-0.3, -0.25) is 4.79 Å². The maximum Gasteiger partial charge on any atom is 0.255 e. The first-order valence-electron chi connectivity index (χ1n) is 10.6. The Morgan fingerprint density at radius 2 is 2.03 bits per heavy atom. The summed E-state index contributed by atoms with van der Waals surface area (Å²) < 4.78 is 7.36. The summed E-state index contributed by atoms with van der Waals surface area (Å²) in [5.41, 5.74) is 1.29. The second-order valence-electron chi connectivity index (χ2n) is 7.35. The molecular weight excluding hydrogens is 412 g/mol. The van der Waals surface area contributed by atoms with E-state index in [1.165, 1.54) is 0 Å². The molecule has 0 atom stereocenters. The Morgan fingerprint density at radius 1 is 1.23 bits per heavy atom. The van der Waals surface area contributed by atoms with Crippen LogP contribution < -0.4 is 15.4 Å². The molecule has 2 aromatic heterocycles. The Morgan fingerprint density at radius 3 is 2.77 bits per heavy atom. The number of benzene rings is 1. The maximum absolute atomic E-state index is 12.6. The molecule has 0 aliphatic carbocycles. The zero-order valence-corrected chi connectivity index (χ0v) is 19.3. The minimum atomic E-state index is -0.170. The predicted octanol–water partition coefficient (Wildman–Crippen LogP) is 3.83. The number of carbonyl (C=O) groups is 1. The van der Waals surface area contributed by atoms with Crippen molar-refractivity contribution in [3.63, 3.8) is 0 Å². The molecule has 0 bridgehead atoms. The van der Waals surface area contributed by atoms with E-state index in [4.69, 9.17) is 4.74 Å². The fraction of sp³-hybridized carbons (Fsp3) is 0.455. The van der Waals surface area contributed by atoms with Gasteiger partial charge in [-0.2, -0.15) is 5.10 Å². The second-order valence-corrected chi connectivity index (χ2v) is 8.58. The SMILES string of the molecule is CCOc1ccccc1C(=O)NCCn1ncc2c(NCC(C)C)nc(SCC)nc21. The number of hydrogen-bond acceptors (Lipinski definition) is 7. The zero-order valence-electron chi connectivity index (χ0n) is 18.5. The van der Waals surface area contributed by atoms with Crippen LogP contribution in [0.1, 0.15) is 38.1 Å². The minimum Gasteiger partial charge on any atom is -0.493 e.